The molecule has 0 bridgehead atoms. The quantitative estimate of drug-likeness (QED) is 0.456. The van der Waals surface area contributed by atoms with Gasteiger partial charge in [-0.2, -0.15) is 0 Å². The van der Waals surface area contributed by atoms with E-state index in [2.05, 4.69) is 15.3 Å². The molecule has 6 atom stereocenters. The van der Waals surface area contributed by atoms with Gasteiger partial charge >= 0.3 is 0 Å². The van der Waals surface area contributed by atoms with Crippen molar-refractivity contribution in [1.82, 2.24) is 19.9 Å². The number of hydrogen-bond donors (Lipinski definition) is 4. The SMILES string of the molecule is CC(F)c1cc(OC2CC(n3cc(F)c4c(N)ncnc43)C(O)C2O)c2c(c1F)C(C)CNC2. The predicted octanol–water partition coefficient (Wildman–Crippen LogP) is 2.64. The fourth-order valence-electron chi connectivity index (χ4n) is 5.16. The van der Waals surface area contributed by atoms with Crippen LogP contribution in [0.2, 0.25) is 0 Å². The van der Waals surface area contributed by atoms with Gasteiger partial charge in [0.2, 0.25) is 0 Å². The lowest BCUT2D eigenvalue weighted by Gasteiger charge is -2.29. The Morgan fingerprint density at radius 2 is 2.03 bits per heavy atom. The standard InChI is InChI=1S/C23H26F3N5O3/c1-9-5-28-6-12-15(3-11(10(2)24)19(26)17(9)12)34-16-4-14(20(32)21(16)33)31-7-13(25)18-22(27)29-8-30-23(18)31/h3,7-10,14,16,20-21,28,32-33H,4-6H2,1-2H3,(H2,27,29,30). The van der Waals surface area contributed by atoms with Gasteiger partial charge in [0, 0.05) is 42.4 Å². The zero-order chi connectivity index (χ0) is 24.3. The first-order chi connectivity index (χ1) is 16.2. The number of benzene rings is 1. The average molecular weight is 477 g/mol. The molecule has 5 N–H and O–H groups in total. The Balaban J connectivity index is 1.51. The minimum absolute atomic E-state index is 0.0304. The van der Waals surface area contributed by atoms with Crippen LogP contribution in [0.5, 0.6) is 5.75 Å². The summed E-state index contributed by atoms with van der Waals surface area (Å²) < 4.78 is 51.4. The van der Waals surface area contributed by atoms with Crippen molar-refractivity contribution < 1.29 is 28.1 Å². The van der Waals surface area contributed by atoms with Crippen molar-refractivity contribution in [2.24, 2.45) is 0 Å². The lowest BCUT2D eigenvalue weighted by Crippen LogP contribution is -2.35. The Labute approximate surface area is 193 Å². The maximum absolute atomic E-state index is 15.1. The number of rotatable bonds is 4. The fourth-order valence-corrected chi connectivity index (χ4v) is 5.16. The first-order valence-electron chi connectivity index (χ1n) is 11.2. The zero-order valence-corrected chi connectivity index (χ0v) is 18.7. The molecule has 1 aromatic carbocycles. The highest BCUT2D eigenvalue weighted by molar-refractivity contribution is 5.86. The molecule has 1 fully saturated rings. The molecule has 1 aliphatic heterocycles. The smallest absolute Gasteiger partial charge is 0.154 e. The summed E-state index contributed by atoms with van der Waals surface area (Å²) in [6.07, 6.45) is -2.64. The van der Waals surface area contributed by atoms with Gasteiger partial charge in [0.15, 0.2) is 5.82 Å². The predicted molar refractivity (Wildman–Crippen MR) is 118 cm³/mol. The van der Waals surface area contributed by atoms with E-state index < -0.39 is 42.2 Å². The number of ether oxygens (including phenoxy) is 1. The van der Waals surface area contributed by atoms with Gasteiger partial charge in [-0.15, -0.1) is 0 Å². The van der Waals surface area contributed by atoms with E-state index in [-0.39, 0.29) is 40.5 Å². The highest BCUT2D eigenvalue weighted by Gasteiger charge is 2.45. The fraction of sp³-hybridized carbons (Fsp3) is 0.478. The summed E-state index contributed by atoms with van der Waals surface area (Å²) in [5.74, 6) is -1.20. The number of alkyl halides is 1. The molecule has 3 aromatic rings. The number of aromatic nitrogens is 3. The van der Waals surface area contributed by atoms with Gasteiger partial charge in [-0.05, 0) is 18.9 Å². The molecule has 2 aliphatic rings. The molecule has 8 nitrogen and oxygen atoms in total. The Morgan fingerprint density at radius 3 is 2.76 bits per heavy atom. The average Bonchev–Trinajstić information content (AvgIpc) is 3.27. The molecule has 3 heterocycles. The van der Waals surface area contributed by atoms with Gasteiger partial charge in [-0.25, -0.2) is 23.1 Å². The van der Waals surface area contributed by atoms with Crippen molar-refractivity contribution in [3.8, 4) is 5.75 Å². The second kappa shape index (κ2) is 8.40. The molecular formula is C23H26F3N5O3. The minimum atomic E-state index is -1.55. The number of aliphatic hydroxyl groups is 2. The molecule has 5 rings (SSSR count). The third-order valence-electron chi connectivity index (χ3n) is 6.90. The molecule has 182 valence electrons. The van der Waals surface area contributed by atoms with Gasteiger partial charge in [0.1, 0.15) is 53.8 Å². The molecule has 2 aromatic heterocycles. The third-order valence-corrected chi connectivity index (χ3v) is 6.90. The molecule has 1 saturated carbocycles. The van der Waals surface area contributed by atoms with Crippen molar-refractivity contribution in [1.29, 1.82) is 0 Å². The molecule has 0 saturated heterocycles. The number of nitrogens with two attached hydrogens (primary N) is 1. The highest BCUT2D eigenvalue weighted by Crippen LogP contribution is 2.41. The van der Waals surface area contributed by atoms with Crippen LogP contribution >= 0.6 is 0 Å². The Morgan fingerprint density at radius 1 is 1.26 bits per heavy atom. The van der Waals surface area contributed by atoms with E-state index in [9.17, 15) is 19.0 Å². The minimum Gasteiger partial charge on any atom is -0.487 e. The first-order valence-corrected chi connectivity index (χ1v) is 11.2. The van der Waals surface area contributed by atoms with Crippen LogP contribution < -0.4 is 15.8 Å². The highest BCUT2D eigenvalue weighted by atomic mass is 19.1. The van der Waals surface area contributed by atoms with Gasteiger partial charge in [-0.1, -0.05) is 6.92 Å². The molecule has 6 unspecified atom stereocenters. The normalized spacial score (nSPS) is 27.7. The summed E-state index contributed by atoms with van der Waals surface area (Å²) in [6.45, 7) is 3.96. The summed E-state index contributed by atoms with van der Waals surface area (Å²) >= 11 is 0. The number of fused-ring (bicyclic) bond motifs is 2. The Hall–Kier alpha value is -2.89. The molecule has 11 heteroatoms. The number of nitrogens with one attached hydrogen (secondary N) is 1. The van der Waals surface area contributed by atoms with E-state index in [0.29, 0.717) is 24.2 Å². The van der Waals surface area contributed by atoms with E-state index in [0.717, 1.165) is 6.20 Å². The number of hydrogen-bond acceptors (Lipinski definition) is 7. The molecule has 0 spiro atoms. The summed E-state index contributed by atoms with van der Waals surface area (Å²) in [7, 11) is 0. The van der Waals surface area contributed by atoms with Crippen LogP contribution in [0.1, 0.15) is 55.1 Å². The molecule has 1 aliphatic carbocycles. The maximum atomic E-state index is 15.1. The van der Waals surface area contributed by atoms with Crippen LogP contribution in [0.3, 0.4) is 0 Å². The third kappa shape index (κ3) is 3.50. The lowest BCUT2D eigenvalue weighted by molar-refractivity contribution is -0.0167. The maximum Gasteiger partial charge on any atom is 0.154 e. The molecule has 34 heavy (non-hydrogen) atoms. The van der Waals surface area contributed by atoms with Gasteiger partial charge < -0.3 is 30.6 Å². The number of anilines is 1. The summed E-state index contributed by atoms with van der Waals surface area (Å²) in [4.78, 5) is 7.89. The van der Waals surface area contributed by atoms with Crippen molar-refractivity contribution in [2.45, 2.75) is 63.3 Å². The summed E-state index contributed by atoms with van der Waals surface area (Å²) in [6, 6.07) is 0.554. The first kappa shape index (κ1) is 22.9. The largest absolute Gasteiger partial charge is 0.487 e. The van der Waals surface area contributed by atoms with Gasteiger partial charge in [0.05, 0.1) is 11.4 Å². The Kier molecular flexibility index (Phi) is 5.65. The van der Waals surface area contributed by atoms with Crippen LogP contribution in [0.4, 0.5) is 19.0 Å². The molecule has 0 radical (unpaired) electrons. The molecular weight excluding hydrogens is 451 g/mol. The Bertz CT molecular complexity index is 1250. The van der Waals surface area contributed by atoms with E-state index in [1.807, 2.05) is 6.92 Å². The van der Waals surface area contributed by atoms with Gasteiger partial charge in [-0.3, -0.25) is 0 Å². The lowest BCUT2D eigenvalue weighted by atomic mass is 9.88. The second-order valence-corrected chi connectivity index (χ2v) is 9.10. The summed E-state index contributed by atoms with van der Waals surface area (Å²) in [5.41, 5.74) is 6.81. The van der Waals surface area contributed by atoms with Crippen molar-refractivity contribution in [3.63, 3.8) is 0 Å². The van der Waals surface area contributed by atoms with Crippen molar-refractivity contribution in [3.05, 3.63) is 46.9 Å². The molecule has 0 amide bonds. The number of nitrogen functional groups attached to an aromatic ring is 1. The van der Waals surface area contributed by atoms with Crippen LogP contribution in [-0.4, -0.2) is 49.6 Å². The number of aliphatic hydroxyl groups excluding tert-OH is 2. The van der Waals surface area contributed by atoms with E-state index in [4.69, 9.17) is 10.5 Å². The van der Waals surface area contributed by atoms with Crippen LogP contribution in [0.15, 0.2) is 18.6 Å². The second-order valence-electron chi connectivity index (χ2n) is 9.10. The van der Waals surface area contributed by atoms with Crippen molar-refractivity contribution >= 4 is 16.9 Å². The number of halogens is 3. The number of nitrogens with zero attached hydrogens (tertiary/aromatic N) is 3. The van der Waals surface area contributed by atoms with E-state index in [1.165, 1.54) is 23.9 Å². The monoisotopic (exact) mass is 477 g/mol. The van der Waals surface area contributed by atoms with Crippen LogP contribution in [0, 0.1) is 11.6 Å². The van der Waals surface area contributed by atoms with Crippen LogP contribution in [-0.2, 0) is 6.54 Å². The summed E-state index contributed by atoms with van der Waals surface area (Å²) in [5, 5.41) is 24.8. The van der Waals surface area contributed by atoms with Gasteiger partial charge in [0.25, 0.3) is 0 Å². The zero-order valence-electron chi connectivity index (χ0n) is 18.7. The van der Waals surface area contributed by atoms with E-state index >= 15 is 4.39 Å². The van der Waals surface area contributed by atoms with Crippen LogP contribution in [0.25, 0.3) is 11.0 Å². The van der Waals surface area contributed by atoms with Crippen molar-refractivity contribution in [2.75, 3.05) is 12.3 Å². The van der Waals surface area contributed by atoms with E-state index in [1.54, 1.807) is 0 Å². The topological polar surface area (TPSA) is 118 Å².